The zero-order valence-corrected chi connectivity index (χ0v) is 12.5. The van der Waals surface area contributed by atoms with Gasteiger partial charge in [-0.05, 0) is 18.2 Å². The van der Waals surface area contributed by atoms with Crippen LogP contribution >= 0.6 is 0 Å². The molecule has 0 fully saturated rings. The van der Waals surface area contributed by atoms with Gasteiger partial charge >= 0.3 is 0 Å². The zero-order valence-electron chi connectivity index (χ0n) is 12.5. The number of nitrogens with one attached hydrogen (secondary N) is 1. The highest BCUT2D eigenvalue weighted by Gasteiger charge is 2.08. The fourth-order valence-electron chi connectivity index (χ4n) is 2.61. The van der Waals surface area contributed by atoms with E-state index in [1.54, 1.807) is 7.05 Å². The molecule has 2 aromatic carbocycles. The number of aromatic amines is 1. The number of H-pyrrole nitrogens is 1. The molecular weight excluding hydrogens is 288 g/mol. The molecule has 0 aliphatic heterocycles. The molecule has 1 N–H and O–H groups in total. The van der Waals surface area contributed by atoms with Gasteiger partial charge in [0.05, 0.1) is 28.6 Å². The van der Waals surface area contributed by atoms with Crippen molar-refractivity contribution >= 4 is 10.9 Å². The van der Waals surface area contributed by atoms with Gasteiger partial charge in [-0.2, -0.15) is 5.10 Å². The molecule has 23 heavy (non-hydrogen) atoms. The van der Waals surface area contributed by atoms with Crippen molar-refractivity contribution < 1.29 is 0 Å². The van der Waals surface area contributed by atoms with Crippen LogP contribution in [0.15, 0.2) is 65.7 Å². The summed E-state index contributed by atoms with van der Waals surface area (Å²) in [6, 6.07) is 17.6. The van der Waals surface area contributed by atoms with Crippen LogP contribution in [0.2, 0.25) is 0 Å². The van der Waals surface area contributed by atoms with Crippen LogP contribution in [-0.2, 0) is 7.05 Å². The number of hydrogen-bond donors (Lipinski definition) is 1. The summed E-state index contributed by atoms with van der Waals surface area (Å²) < 4.78 is 1.48. The summed E-state index contributed by atoms with van der Waals surface area (Å²) >= 11 is 0. The van der Waals surface area contributed by atoms with Crippen molar-refractivity contribution in [1.82, 2.24) is 19.7 Å². The lowest BCUT2D eigenvalue weighted by Gasteiger charge is -2.02. The molecule has 2 aromatic heterocycles. The third-order valence-electron chi connectivity index (χ3n) is 3.88. The van der Waals surface area contributed by atoms with E-state index >= 15 is 0 Å². The van der Waals surface area contributed by atoms with Gasteiger partial charge < -0.3 is 4.57 Å². The molecule has 0 aliphatic rings. The molecule has 0 saturated heterocycles. The Morgan fingerprint density at radius 3 is 2.65 bits per heavy atom. The lowest BCUT2D eigenvalue weighted by molar-refractivity contribution is 0.843. The summed E-state index contributed by atoms with van der Waals surface area (Å²) in [4.78, 5) is 16.5. The summed E-state index contributed by atoms with van der Waals surface area (Å²) in [5, 5.41) is 8.00. The molecule has 5 nitrogen and oxygen atoms in total. The molecule has 0 atom stereocenters. The first-order chi connectivity index (χ1) is 11.2. The highest BCUT2D eigenvalue weighted by atomic mass is 16.1. The van der Waals surface area contributed by atoms with Gasteiger partial charge in [0.25, 0.3) is 5.56 Å². The van der Waals surface area contributed by atoms with E-state index in [0.29, 0.717) is 10.9 Å². The topological polar surface area (TPSA) is 63.6 Å². The average Bonchev–Trinajstić information content (AvgIpc) is 3.09. The Kier molecular flexibility index (Phi) is 3.05. The maximum Gasteiger partial charge on any atom is 0.260 e. The fourth-order valence-corrected chi connectivity index (χ4v) is 2.61. The standard InChI is InChI=1S/C18H14N4O/c1-22-11-19-15-8-7-13(9-14(15)18(22)23)17-10-16(20-21-17)12-5-3-2-4-6-12/h2-11H,1H3,(H,20,21). The number of rotatable bonds is 2. The number of nitrogens with zero attached hydrogens (tertiary/aromatic N) is 3. The van der Waals surface area contributed by atoms with Gasteiger partial charge in [-0.15, -0.1) is 0 Å². The van der Waals surface area contributed by atoms with E-state index < -0.39 is 0 Å². The summed E-state index contributed by atoms with van der Waals surface area (Å²) in [6.07, 6.45) is 1.54. The minimum absolute atomic E-state index is 0.0559. The second kappa shape index (κ2) is 5.21. The summed E-state index contributed by atoms with van der Waals surface area (Å²) in [6.45, 7) is 0. The predicted octanol–water partition coefficient (Wildman–Crippen LogP) is 2.99. The predicted molar refractivity (Wildman–Crippen MR) is 90.0 cm³/mol. The van der Waals surface area contributed by atoms with Crippen LogP contribution < -0.4 is 5.56 Å². The third-order valence-corrected chi connectivity index (χ3v) is 3.88. The Morgan fingerprint density at radius 2 is 1.83 bits per heavy atom. The molecule has 0 saturated carbocycles. The molecular formula is C18H14N4O. The maximum atomic E-state index is 12.2. The highest BCUT2D eigenvalue weighted by molar-refractivity contribution is 5.83. The lowest BCUT2D eigenvalue weighted by atomic mass is 10.1. The van der Waals surface area contributed by atoms with Crippen molar-refractivity contribution in [2.45, 2.75) is 0 Å². The molecule has 4 aromatic rings. The Labute approximate surface area is 132 Å². The van der Waals surface area contributed by atoms with Crippen molar-refractivity contribution in [3.8, 4) is 22.5 Å². The number of aromatic nitrogens is 4. The minimum Gasteiger partial charge on any atom is -0.302 e. The SMILES string of the molecule is Cn1cnc2ccc(-c3cc(-c4ccccc4)n[nH]3)cc2c1=O. The van der Waals surface area contributed by atoms with Gasteiger partial charge in [0.15, 0.2) is 0 Å². The molecule has 0 radical (unpaired) electrons. The molecule has 5 heteroatoms. The summed E-state index contributed by atoms with van der Waals surface area (Å²) in [5.74, 6) is 0. The fraction of sp³-hybridized carbons (Fsp3) is 0.0556. The van der Waals surface area contributed by atoms with Crippen molar-refractivity contribution in [2.75, 3.05) is 0 Å². The van der Waals surface area contributed by atoms with E-state index in [-0.39, 0.29) is 5.56 Å². The number of fused-ring (bicyclic) bond motifs is 1. The molecule has 2 heterocycles. The molecule has 0 aliphatic carbocycles. The number of benzene rings is 2. The Hall–Kier alpha value is -3.21. The van der Waals surface area contributed by atoms with Crippen molar-refractivity contribution in [3.63, 3.8) is 0 Å². The van der Waals surface area contributed by atoms with Gasteiger partial charge in [0.2, 0.25) is 0 Å². The lowest BCUT2D eigenvalue weighted by Crippen LogP contribution is -2.16. The average molecular weight is 302 g/mol. The zero-order chi connectivity index (χ0) is 15.8. The Bertz CT molecular complexity index is 1050. The van der Waals surface area contributed by atoms with E-state index in [9.17, 15) is 4.79 Å². The van der Waals surface area contributed by atoms with Gasteiger partial charge in [0, 0.05) is 18.2 Å². The normalized spacial score (nSPS) is 11.0. The number of hydrogen-bond acceptors (Lipinski definition) is 3. The summed E-state index contributed by atoms with van der Waals surface area (Å²) in [7, 11) is 1.70. The number of aryl methyl sites for hydroxylation is 1. The van der Waals surface area contributed by atoms with Crippen LogP contribution in [-0.4, -0.2) is 19.7 Å². The van der Waals surface area contributed by atoms with Crippen LogP contribution in [0.25, 0.3) is 33.4 Å². The van der Waals surface area contributed by atoms with Crippen molar-refractivity contribution in [3.05, 3.63) is 71.3 Å². The van der Waals surface area contributed by atoms with Crippen LogP contribution in [0.3, 0.4) is 0 Å². The largest absolute Gasteiger partial charge is 0.302 e. The van der Waals surface area contributed by atoms with Crippen molar-refractivity contribution in [1.29, 1.82) is 0 Å². The first-order valence-corrected chi connectivity index (χ1v) is 7.29. The smallest absolute Gasteiger partial charge is 0.260 e. The second-order valence-electron chi connectivity index (χ2n) is 5.43. The van der Waals surface area contributed by atoms with Gasteiger partial charge in [-0.3, -0.25) is 9.89 Å². The molecule has 0 amide bonds. The summed E-state index contributed by atoms with van der Waals surface area (Å²) in [5.41, 5.74) is 4.35. The van der Waals surface area contributed by atoms with E-state index in [1.165, 1.54) is 10.9 Å². The van der Waals surface area contributed by atoms with Crippen LogP contribution in [0.1, 0.15) is 0 Å². The molecule has 0 spiro atoms. The van der Waals surface area contributed by atoms with Crippen LogP contribution in [0, 0.1) is 0 Å². The first-order valence-electron chi connectivity index (χ1n) is 7.29. The van der Waals surface area contributed by atoms with Crippen molar-refractivity contribution in [2.24, 2.45) is 7.05 Å². The van der Waals surface area contributed by atoms with Crippen LogP contribution in [0.4, 0.5) is 0 Å². The van der Waals surface area contributed by atoms with E-state index in [2.05, 4.69) is 15.2 Å². The van der Waals surface area contributed by atoms with E-state index in [1.807, 2.05) is 54.6 Å². The molecule has 0 unspecified atom stereocenters. The van der Waals surface area contributed by atoms with E-state index in [4.69, 9.17) is 0 Å². The van der Waals surface area contributed by atoms with Crippen LogP contribution in [0.5, 0.6) is 0 Å². The van der Waals surface area contributed by atoms with Gasteiger partial charge in [-0.1, -0.05) is 36.4 Å². The maximum absolute atomic E-state index is 12.2. The highest BCUT2D eigenvalue weighted by Crippen LogP contribution is 2.25. The molecule has 4 rings (SSSR count). The quantitative estimate of drug-likeness (QED) is 0.619. The molecule has 112 valence electrons. The second-order valence-corrected chi connectivity index (χ2v) is 5.43. The Morgan fingerprint density at radius 1 is 1.00 bits per heavy atom. The first kappa shape index (κ1) is 13.5. The molecule has 0 bridgehead atoms. The Balaban J connectivity index is 1.82. The van der Waals surface area contributed by atoms with E-state index in [0.717, 1.165) is 22.5 Å². The minimum atomic E-state index is -0.0559. The monoisotopic (exact) mass is 302 g/mol. The van der Waals surface area contributed by atoms with Gasteiger partial charge in [-0.25, -0.2) is 4.98 Å². The van der Waals surface area contributed by atoms with Gasteiger partial charge in [0.1, 0.15) is 0 Å². The third kappa shape index (κ3) is 2.32.